The third-order valence-corrected chi connectivity index (χ3v) is 5.84. The van der Waals surface area contributed by atoms with Crippen LogP contribution in [0.5, 0.6) is 11.5 Å². The maximum Gasteiger partial charge on any atom is 0.407 e. The molecule has 0 saturated heterocycles. The molecule has 2 aromatic rings. The van der Waals surface area contributed by atoms with Gasteiger partial charge in [0.2, 0.25) is 0 Å². The molecule has 1 atom stereocenters. The quantitative estimate of drug-likeness (QED) is 0.763. The fourth-order valence-electron chi connectivity index (χ4n) is 4.26. The van der Waals surface area contributed by atoms with Crippen LogP contribution >= 0.6 is 0 Å². The van der Waals surface area contributed by atoms with E-state index >= 15 is 0 Å². The number of ether oxygens (including phenoxy) is 3. The average Bonchev–Trinajstić information content (AvgIpc) is 3.25. The Bertz CT molecular complexity index is 830. The maximum absolute atomic E-state index is 12.2. The van der Waals surface area contributed by atoms with E-state index in [2.05, 4.69) is 17.4 Å². The zero-order valence-corrected chi connectivity index (χ0v) is 17.0. The Labute approximate surface area is 172 Å². The fraction of sp³-hybridized carbons (Fsp3) is 0.458. The van der Waals surface area contributed by atoms with Gasteiger partial charge in [-0.2, -0.15) is 0 Å². The first kappa shape index (κ1) is 19.6. The summed E-state index contributed by atoms with van der Waals surface area (Å²) in [7, 11) is 1.69. The van der Waals surface area contributed by atoms with Crippen LogP contribution in [0.4, 0.5) is 4.79 Å². The number of carbonyl (C=O) groups is 1. The van der Waals surface area contributed by atoms with E-state index in [1.54, 1.807) is 7.11 Å². The second-order valence-corrected chi connectivity index (χ2v) is 7.94. The van der Waals surface area contributed by atoms with Crippen molar-refractivity contribution in [1.82, 2.24) is 5.32 Å². The van der Waals surface area contributed by atoms with Gasteiger partial charge in [0.05, 0.1) is 13.2 Å². The molecule has 2 aliphatic carbocycles. The van der Waals surface area contributed by atoms with E-state index < -0.39 is 0 Å². The van der Waals surface area contributed by atoms with Crippen LogP contribution in [0.15, 0.2) is 42.5 Å². The SMILES string of the molecule is COc1cc2c(cc1OC1CCCC1)CC(NC(=O)OCc1ccccc1)CC2. The number of methoxy groups -OCH3 is 1. The van der Waals surface area contributed by atoms with Gasteiger partial charge < -0.3 is 19.5 Å². The predicted molar refractivity (Wildman–Crippen MR) is 111 cm³/mol. The van der Waals surface area contributed by atoms with Gasteiger partial charge in [-0.05, 0) is 73.8 Å². The summed E-state index contributed by atoms with van der Waals surface area (Å²) in [4.78, 5) is 12.2. The molecule has 5 nitrogen and oxygen atoms in total. The zero-order valence-electron chi connectivity index (χ0n) is 17.0. The number of hydrogen-bond donors (Lipinski definition) is 1. The summed E-state index contributed by atoms with van der Waals surface area (Å²) in [6.45, 7) is 0.284. The third kappa shape index (κ3) is 5.03. The Hall–Kier alpha value is -2.69. The van der Waals surface area contributed by atoms with Crippen LogP contribution in [0.3, 0.4) is 0 Å². The molecule has 0 aromatic heterocycles. The van der Waals surface area contributed by atoms with Crippen LogP contribution in [0.2, 0.25) is 0 Å². The summed E-state index contributed by atoms with van der Waals surface area (Å²) in [6, 6.07) is 14.0. The second kappa shape index (κ2) is 9.21. The topological polar surface area (TPSA) is 56.8 Å². The predicted octanol–water partition coefficient (Wildman–Crippen LogP) is 4.80. The summed E-state index contributed by atoms with van der Waals surface area (Å²) in [5.74, 6) is 1.63. The van der Waals surface area contributed by atoms with Crippen LogP contribution in [0.25, 0.3) is 0 Å². The lowest BCUT2D eigenvalue weighted by molar-refractivity contribution is 0.134. The highest BCUT2D eigenvalue weighted by atomic mass is 16.5. The molecule has 0 bridgehead atoms. The largest absolute Gasteiger partial charge is 0.493 e. The standard InChI is InChI=1S/C24H29NO4/c1-27-22-14-18-11-12-20(25-24(26)28-16-17-7-3-2-4-8-17)13-19(18)15-23(22)29-21-9-5-6-10-21/h2-4,7-8,14-15,20-21H,5-6,9-13,16H2,1H3,(H,25,26). The molecule has 29 heavy (non-hydrogen) atoms. The minimum Gasteiger partial charge on any atom is -0.493 e. The van der Waals surface area contributed by atoms with Gasteiger partial charge in [0, 0.05) is 6.04 Å². The van der Waals surface area contributed by atoms with E-state index in [0.717, 1.165) is 49.2 Å². The van der Waals surface area contributed by atoms with Crippen molar-refractivity contribution in [3.05, 3.63) is 59.2 Å². The monoisotopic (exact) mass is 395 g/mol. The molecule has 2 aliphatic rings. The molecule has 154 valence electrons. The summed E-state index contributed by atoms with van der Waals surface area (Å²) in [6.07, 6.45) is 7.17. The van der Waals surface area contributed by atoms with Crippen LogP contribution in [0.1, 0.15) is 48.8 Å². The molecule has 0 aliphatic heterocycles. The van der Waals surface area contributed by atoms with Crippen molar-refractivity contribution in [2.45, 2.75) is 63.7 Å². The summed E-state index contributed by atoms with van der Waals surface area (Å²) >= 11 is 0. The van der Waals surface area contributed by atoms with Crippen LogP contribution < -0.4 is 14.8 Å². The van der Waals surface area contributed by atoms with Gasteiger partial charge in [-0.1, -0.05) is 30.3 Å². The number of benzene rings is 2. The first-order valence-electron chi connectivity index (χ1n) is 10.5. The van der Waals surface area contributed by atoms with Crippen molar-refractivity contribution in [3.63, 3.8) is 0 Å². The van der Waals surface area contributed by atoms with Gasteiger partial charge in [0.25, 0.3) is 0 Å². The molecular weight excluding hydrogens is 366 g/mol. The van der Waals surface area contributed by atoms with Gasteiger partial charge in [-0.3, -0.25) is 0 Å². The number of hydrogen-bond acceptors (Lipinski definition) is 4. The van der Waals surface area contributed by atoms with Gasteiger partial charge in [-0.25, -0.2) is 4.79 Å². The minimum absolute atomic E-state index is 0.0681. The maximum atomic E-state index is 12.2. The van der Waals surface area contributed by atoms with E-state index in [4.69, 9.17) is 14.2 Å². The van der Waals surface area contributed by atoms with Crippen molar-refractivity contribution in [3.8, 4) is 11.5 Å². The molecular formula is C24H29NO4. The Morgan fingerprint density at radius 2 is 1.79 bits per heavy atom. The highest BCUT2D eigenvalue weighted by molar-refractivity contribution is 5.67. The number of alkyl carbamates (subject to hydrolysis) is 1. The Balaban J connectivity index is 1.37. The van der Waals surface area contributed by atoms with Crippen LogP contribution in [-0.2, 0) is 24.2 Å². The summed E-state index contributed by atoms with van der Waals surface area (Å²) in [5, 5.41) is 3.02. The average molecular weight is 395 g/mol. The van der Waals surface area contributed by atoms with Crippen molar-refractivity contribution in [2.24, 2.45) is 0 Å². The van der Waals surface area contributed by atoms with Crippen LogP contribution in [0, 0.1) is 0 Å². The lowest BCUT2D eigenvalue weighted by atomic mass is 9.88. The Kier molecular flexibility index (Phi) is 6.23. The molecule has 4 rings (SSSR count). The van der Waals surface area contributed by atoms with E-state index in [1.165, 1.54) is 24.0 Å². The lowest BCUT2D eigenvalue weighted by Crippen LogP contribution is -2.39. The third-order valence-electron chi connectivity index (χ3n) is 5.84. The first-order valence-corrected chi connectivity index (χ1v) is 10.5. The van der Waals surface area contributed by atoms with Gasteiger partial charge in [0.1, 0.15) is 6.61 Å². The highest BCUT2D eigenvalue weighted by Crippen LogP contribution is 2.36. The lowest BCUT2D eigenvalue weighted by Gasteiger charge is -2.27. The number of fused-ring (bicyclic) bond motifs is 1. The van der Waals surface area contributed by atoms with Gasteiger partial charge in [0.15, 0.2) is 11.5 Å². The van der Waals surface area contributed by atoms with Crippen molar-refractivity contribution < 1.29 is 19.0 Å². The van der Waals surface area contributed by atoms with E-state index in [1.807, 2.05) is 30.3 Å². The molecule has 0 radical (unpaired) electrons. The van der Waals surface area contributed by atoms with Gasteiger partial charge >= 0.3 is 6.09 Å². The second-order valence-electron chi connectivity index (χ2n) is 7.94. The zero-order chi connectivity index (χ0) is 20.1. The molecule has 0 spiro atoms. The molecule has 1 fully saturated rings. The normalized spacial score (nSPS) is 18.7. The molecule has 5 heteroatoms. The summed E-state index contributed by atoms with van der Waals surface area (Å²) in [5.41, 5.74) is 3.48. The molecule has 1 amide bonds. The Morgan fingerprint density at radius 1 is 1.03 bits per heavy atom. The Morgan fingerprint density at radius 3 is 2.55 bits per heavy atom. The number of amides is 1. The summed E-state index contributed by atoms with van der Waals surface area (Å²) < 4.78 is 17.2. The number of rotatable bonds is 6. The number of carbonyl (C=O) groups excluding carboxylic acids is 1. The molecule has 2 aromatic carbocycles. The smallest absolute Gasteiger partial charge is 0.407 e. The molecule has 1 N–H and O–H groups in total. The van der Waals surface area contributed by atoms with E-state index in [0.29, 0.717) is 0 Å². The van der Waals surface area contributed by atoms with Crippen molar-refractivity contribution in [1.29, 1.82) is 0 Å². The fourth-order valence-corrected chi connectivity index (χ4v) is 4.26. The van der Waals surface area contributed by atoms with E-state index in [-0.39, 0.29) is 24.8 Å². The van der Waals surface area contributed by atoms with Crippen LogP contribution in [-0.4, -0.2) is 25.3 Å². The molecule has 1 unspecified atom stereocenters. The number of aryl methyl sites for hydroxylation is 1. The first-order chi connectivity index (χ1) is 14.2. The minimum atomic E-state index is -0.363. The highest BCUT2D eigenvalue weighted by Gasteiger charge is 2.25. The van der Waals surface area contributed by atoms with Crippen molar-refractivity contribution in [2.75, 3.05) is 7.11 Å². The van der Waals surface area contributed by atoms with Gasteiger partial charge in [-0.15, -0.1) is 0 Å². The number of nitrogens with one attached hydrogen (secondary N) is 1. The van der Waals surface area contributed by atoms with Crippen molar-refractivity contribution >= 4 is 6.09 Å². The molecule has 0 heterocycles. The molecule has 1 saturated carbocycles. The van der Waals surface area contributed by atoms with E-state index in [9.17, 15) is 4.79 Å².